The molecule has 0 atom stereocenters. The van der Waals surface area contributed by atoms with Gasteiger partial charge in [0.1, 0.15) is 0 Å². The second-order valence-electron chi connectivity index (χ2n) is 3.28. The van der Waals surface area contributed by atoms with E-state index in [2.05, 4.69) is 0 Å². The largest absolute Gasteiger partial charge is 0.377 e. The van der Waals surface area contributed by atoms with Crippen molar-refractivity contribution in [1.82, 2.24) is 4.90 Å². The molecule has 2 heterocycles. The van der Waals surface area contributed by atoms with E-state index in [1.807, 2.05) is 6.08 Å². The number of imide groups is 1. The Morgan fingerprint density at radius 3 is 2.57 bits per heavy atom. The Bertz CT molecular complexity index is 312. The topological polar surface area (TPSA) is 46.6 Å². The minimum Gasteiger partial charge on any atom is -0.377 e. The van der Waals surface area contributed by atoms with Gasteiger partial charge in [0.15, 0.2) is 0 Å². The first kappa shape index (κ1) is 9.15. The van der Waals surface area contributed by atoms with E-state index in [1.165, 1.54) is 17.1 Å². The fraction of sp³-hybridized carbons (Fsp3) is 0.400. The van der Waals surface area contributed by atoms with Crippen LogP contribution >= 0.6 is 0 Å². The maximum absolute atomic E-state index is 11.2. The number of ether oxygens (including phenoxy) is 1. The minimum absolute atomic E-state index is 0.220. The van der Waals surface area contributed by atoms with Crippen LogP contribution in [0.4, 0.5) is 0 Å². The summed E-state index contributed by atoms with van der Waals surface area (Å²) in [5.74, 6) is -0.440. The van der Waals surface area contributed by atoms with Gasteiger partial charge >= 0.3 is 0 Å². The first-order valence-corrected chi connectivity index (χ1v) is 4.56. The van der Waals surface area contributed by atoms with E-state index >= 15 is 0 Å². The fourth-order valence-electron chi connectivity index (χ4n) is 1.50. The van der Waals surface area contributed by atoms with Gasteiger partial charge in [-0.15, -0.1) is 0 Å². The molecule has 0 spiro atoms. The van der Waals surface area contributed by atoms with Crippen LogP contribution in [0.3, 0.4) is 0 Å². The summed E-state index contributed by atoms with van der Waals surface area (Å²) in [4.78, 5) is 23.7. The van der Waals surface area contributed by atoms with Crippen molar-refractivity contribution in [1.29, 1.82) is 0 Å². The molecule has 0 unspecified atom stereocenters. The van der Waals surface area contributed by atoms with Crippen molar-refractivity contribution in [3.63, 3.8) is 0 Å². The lowest BCUT2D eigenvalue weighted by Crippen LogP contribution is -2.32. The minimum atomic E-state index is -0.220. The molecule has 14 heavy (non-hydrogen) atoms. The summed E-state index contributed by atoms with van der Waals surface area (Å²) in [6.45, 7) is 1.67. The monoisotopic (exact) mass is 193 g/mol. The van der Waals surface area contributed by atoms with Crippen molar-refractivity contribution in [2.24, 2.45) is 0 Å². The summed E-state index contributed by atoms with van der Waals surface area (Å²) in [7, 11) is 0. The number of amides is 2. The maximum Gasteiger partial charge on any atom is 0.253 e. The summed E-state index contributed by atoms with van der Waals surface area (Å²) in [5.41, 5.74) is 1.10. The number of hydrogen-bond acceptors (Lipinski definition) is 3. The lowest BCUT2D eigenvalue weighted by molar-refractivity contribution is -0.136. The lowest BCUT2D eigenvalue weighted by Gasteiger charge is -2.19. The molecule has 2 aliphatic rings. The average Bonchev–Trinajstić information content (AvgIpc) is 2.51. The first-order valence-electron chi connectivity index (χ1n) is 4.56. The lowest BCUT2D eigenvalue weighted by atomic mass is 10.1. The average molecular weight is 193 g/mol. The van der Waals surface area contributed by atoms with Crippen LogP contribution in [0.25, 0.3) is 0 Å². The highest BCUT2D eigenvalue weighted by molar-refractivity contribution is 6.13. The molecule has 4 nitrogen and oxygen atoms in total. The second kappa shape index (κ2) is 3.75. The van der Waals surface area contributed by atoms with Crippen LogP contribution in [0.15, 0.2) is 23.8 Å². The molecule has 2 aliphatic heterocycles. The SMILES string of the molecule is O=C1C=CC(=O)N1CC1=CCOCC1. The summed E-state index contributed by atoms with van der Waals surface area (Å²) in [6.07, 6.45) is 5.35. The Morgan fingerprint density at radius 1 is 1.29 bits per heavy atom. The van der Waals surface area contributed by atoms with Gasteiger partial charge in [-0.05, 0) is 12.0 Å². The molecule has 0 bridgehead atoms. The Hall–Kier alpha value is -1.42. The van der Waals surface area contributed by atoms with Crippen LogP contribution in [-0.4, -0.2) is 36.5 Å². The van der Waals surface area contributed by atoms with E-state index in [-0.39, 0.29) is 11.8 Å². The van der Waals surface area contributed by atoms with Crippen LogP contribution < -0.4 is 0 Å². The highest BCUT2D eigenvalue weighted by atomic mass is 16.5. The number of nitrogens with zero attached hydrogens (tertiary/aromatic N) is 1. The van der Waals surface area contributed by atoms with Gasteiger partial charge in [0.2, 0.25) is 0 Å². The normalized spacial score (nSPS) is 21.7. The molecule has 0 aromatic carbocycles. The van der Waals surface area contributed by atoms with Crippen LogP contribution in [0.2, 0.25) is 0 Å². The molecule has 4 heteroatoms. The Kier molecular flexibility index (Phi) is 2.45. The predicted octanol–water partition coefficient (Wildman–Crippen LogP) is 0.258. The highest BCUT2D eigenvalue weighted by Crippen LogP contribution is 2.12. The van der Waals surface area contributed by atoms with Crippen LogP contribution in [0, 0.1) is 0 Å². The van der Waals surface area contributed by atoms with Crippen molar-refractivity contribution in [3.05, 3.63) is 23.8 Å². The van der Waals surface area contributed by atoms with E-state index in [0.29, 0.717) is 19.8 Å². The van der Waals surface area contributed by atoms with Crippen LogP contribution in [0.5, 0.6) is 0 Å². The van der Waals surface area contributed by atoms with Gasteiger partial charge in [-0.25, -0.2) is 0 Å². The van der Waals surface area contributed by atoms with Crippen molar-refractivity contribution in [2.75, 3.05) is 19.8 Å². The maximum atomic E-state index is 11.2. The van der Waals surface area contributed by atoms with Crippen molar-refractivity contribution < 1.29 is 14.3 Å². The van der Waals surface area contributed by atoms with Crippen molar-refractivity contribution in [3.8, 4) is 0 Å². The Balaban J connectivity index is 2.00. The third-order valence-corrected chi connectivity index (χ3v) is 2.32. The predicted molar refractivity (Wildman–Crippen MR) is 49.4 cm³/mol. The second-order valence-corrected chi connectivity index (χ2v) is 3.28. The Morgan fingerprint density at radius 2 is 2.00 bits per heavy atom. The molecule has 0 aromatic rings. The Labute approximate surface area is 81.8 Å². The van der Waals surface area contributed by atoms with Gasteiger partial charge in [-0.2, -0.15) is 0 Å². The number of rotatable bonds is 2. The zero-order chi connectivity index (χ0) is 9.97. The number of carbonyl (C=O) groups excluding carboxylic acids is 2. The van der Waals surface area contributed by atoms with E-state index in [9.17, 15) is 9.59 Å². The van der Waals surface area contributed by atoms with E-state index < -0.39 is 0 Å². The molecule has 0 fully saturated rings. The molecular weight excluding hydrogens is 182 g/mol. The van der Waals surface area contributed by atoms with Gasteiger partial charge in [0, 0.05) is 12.2 Å². The van der Waals surface area contributed by atoms with Gasteiger partial charge in [0.25, 0.3) is 11.8 Å². The highest BCUT2D eigenvalue weighted by Gasteiger charge is 2.24. The quantitative estimate of drug-likeness (QED) is 0.466. The first-order chi connectivity index (χ1) is 6.77. The molecule has 0 radical (unpaired) electrons. The molecular formula is C10H11NO3. The third kappa shape index (κ3) is 1.75. The van der Waals surface area contributed by atoms with E-state index in [1.54, 1.807) is 0 Å². The van der Waals surface area contributed by atoms with Crippen molar-refractivity contribution in [2.45, 2.75) is 6.42 Å². The van der Waals surface area contributed by atoms with E-state index in [0.717, 1.165) is 12.0 Å². The summed E-state index contributed by atoms with van der Waals surface area (Å²) in [6, 6.07) is 0. The van der Waals surface area contributed by atoms with E-state index in [4.69, 9.17) is 4.74 Å². The van der Waals surface area contributed by atoms with Crippen LogP contribution in [0.1, 0.15) is 6.42 Å². The molecule has 2 amide bonds. The number of hydrogen-bond donors (Lipinski definition) is 0. The number of carbonyl (C=O) groups is 2. The molecule has 0 N–H and O–H groups in total. The molecule has 2 rings (SSSR count). The van der Waals surface area contributed by atoms with Gasteiger partial charge < -0.3 is 4.74 Å². The molecule has 0 saturated carbocycles. The molecule has 0 aromatic heterocycles. The van der Waals surface area contributed by atoms with Gasteiger partial charge in [-0.3, -0.25) is 14.5 Å². The molecule has 0 aliphatic carbocycles. The third-order valence-electron chi connectivity index (χ3n) is 2.32. The van der Waals surface area contributed by atoms with Crippen molar-refractivity contribution >= 4 is 11.8 Å². The molecule has 74 valence electrons. The summed E-state index contributed by atoms with van der Waals surface area (Å²) in [5, 5.41) is 0. The molecule has 0 saturated heterocycles. The summed E-state index contributed by atoms with van der Waals surface area (Å²) < 4.78 is 5.14. The zero-order valence-corrected chi connectivity index (χ0v) is 7.73. The van der Waals surface area contributed by atoms with Crippen LogP contribution in [-0.2, 0) is 14.3 Å². The fourth-order valence-corrected chi connectivity index (χ4v) is 1.50. The zero-order valence-electron chi connectivity index (χ0n) is 7.73. The summed E-state index contributed by atoms with van der Waals surface area (Å²) >= 11 is 0. The standard InChI is InChI=1S/C10H11NO3/c12-9-1-2-10(13)11(9)7-8-3-5-14-6-4-8/h1-3H,4-7H2. The smallest absolute Gasteiger partial charge is 0.253 e. The van der Waals surface area contributed by atoms with Gasteiger partial charge in [-0.1, -0.05) is 6.08 Å². The van der Waals surface area contributed by atoms with Gasteiger partial charge in [0.05, 0.1) is 19.8 Å².